The van der Waals surface area contributed by atoms with Gasteiger partial charge in [0.2, 0.25) is 0 Å². The fraction of sp³-hybridized carbons (Fsp3) is 0.500. The van der Waals surface area contributed by atoms with Crippen molar-refractivity contribution in [2.75, 3.05) is 0 Å². The zero-order valence-corrected chi connectivity index (χ0v) is 11.2. The Bertz CT molecular complexity index is 496. The molecule has 0 radical (unpaired) electrons. The number of nitrogens with one attached hydrogen (secondary N) is 1. The minimum absolute atomic E-state index is 0.382. The lowest BCUT2D eigenvalue weighted by atomic mass is 9.87. The van der Waals surface area contributed by atoms with Gasteiger partial charge < -0.3 is 5.32 Å². The number of hydrogen-bond acceptors (Lipinski definition) is 3. The van der Waals surface area contributed by atoms with Crippen LogP contribution in [0.25, 0.3) is 0 Å². The van der Waals surface area contributed by atoms with E-state index in [-0.39, 0.29) is 0 Å². The van der Waals surface area contributed by atoms with E-state index >= 15 is 0 Å². The van der Waals surface area contributed by atoms with Gasteiger partial charge in [-0.1, -0.05) is 0 Å². The fourth-order valence-electron chi connectivity index (χ4n) is 2.88. The summed E-state index contributed by atoms with van der Waals surface area (Å²) in [7, 11) is 0. The summed E-state index contributed by atoms with van der Waals surface area (Å²) in [4.78, 5) is 7.35. The van der Waals surface area contributed by atoms with Crippen LogP contribution in [-0.2, 0) is 0 Å². The Morgan fingerprint density at radius 1 is 1.29 bits per heavy atom. The highest BCUT2D eigenvalue weighted by atomic mass is 32.1. The molecule has 0 aromatic carbocycles. The summed E-state index contributed by atoms with van der Waals surface area (Å²) in [5.74, 6) is 0. The number of hydrogen-bond donors (Lipinski definition) is 1. The molecule has 0 amide bonds. The van der Waals surface area contributed by atoms with Gasteiger partial charge in [-0.2, -0.15) is 0 Å². The molecule has 0 spiro atoms. The van der Waals surface area contributed by atoms with E-state index in [9.17, 15) is 0 Å². The molecule has 1 aliphatic carbocycles. The van der Waals surface area contributed by atoms with Gasteiger partial charge in [0.1, 0.15) is 0 Å². The predicted octanol–water partition coefficient (Wildman–Crippen LogP) is 3.87. The van der Waals surface area contributed by atoms with Gasteiger partial charge in [0.05, 0.1) is 12.4 Å². The van der Waals surface area contributed by atoms with Crippen LogP contribution in [0.4, 0.5) is 0 Å². The van der Waals surface area contributed by atoms with Crippen molar-refractivity contribution in [3.8, 4) is 0 Å². The van der Waals surface area contributed by atoms with E-state index < -0.39 is 0 Å². The van der Waals surface area contributed by atoms with Gasteiger partial charge in [-0.25, -0.2) is 4.99 Å². The molecule has 1 atom stereocenters. The second kappa shape index (κ2) is 4.30. The Kier molecular flexibility index (Phi) is 2.79. The highest BCUT2D eigenvalue weighted by molar-refractivity contribution is 7.12. The number of thiophene rings is 1. The summed E-state index contributed by atoms with van der Waals surface area (Å²) in [6.45, 7) is 4.41. The Morgan fingerprint density at radius 3 is 2.88 bits per heavy atom. The lowest BCUT2D eigenvalue weighted by Crippen LogP contribution is -2.27. The molecule has 2 nitrogen and oxygen atoms in total. The van der Waals surface area contributed by atoms with Crippen molar-refractivity contribution in [2.24, 2.45) is 4.99 Å². The SMILES string of the molecule is Cc1cc(C2NC=NC3=C2CCCC3)c(C)s1. The molecule has 17 heavy (non-hydrogen) atoms. The van der Waals surface area contributed by atoms with Gasteiger partial charge >= 0.3 is 0 Å². The molecule has 3 heteroatoms. The largest absolute Gasteiger partial charge is 0.365 e. The van der Waals surface area contributed by atoms with E-state index in [1.54, 1.807) is 0 Å². The van der Waals surface area contributed by atoms with Gasteiger partial charge in [0, 0.05) is 15.5 Å². The first-order chi connectivity index (χ1) is 8.25. The van der Waals surface area contributed by atoms with Crippen LogP contribution in [-0.4, -0.2) is 6.34 Å². The summed E-state index contributed by atoms with van der Waals surface area (Å²) in [6.07, 6.45) is 6.87. The minimum atomic E-state index is 0.382. The molecule has 0 bridgehead atoms. The van der Waals surface area contributed by atoms with Crippen molar-refractivity contribution in [3.05, 3.63) is 32.7 Å². The summed E-state index contributed by atoms with van der Waals surface area (Å²) < 4.78 is 0. The number of aryl methyl sites for hydroxylation is 2. The van der Waals surface area contributed by atoms with Crippen LogP contribution in [0.1, 0.15) is 47.0 Å². The first kappa shape index (κ1) is 11.0. The van der Waals surface area contributed by atoms with E-state index in [0.29, 0.717) is 6.04 Å². The van der Waals surface area contributed by atoms with Gasteiger partial charge in [-0.3, -0.25) is 0 Å². The zero-order chi connectivity index (χ0) is 11.8. The van der Waals surface area contributed by atoms with Crippen molar-refractivity contribution < 1.29 is 0 Å². The topological polar surface area (TPSA) is 24.4 Å². The second-order valence-electron chi connectivity index (χ2n) is 4.91. The number of aliphatic imine (C=N–C) groups is 1. The molecule has 1 unspecified atom stereocenters. The van der Waals surface area contributed by atoms with Crippen LogP contribution < -0.4 is 5.32 Å². The lowest BCUT2D eigenvalue weighted by molar-refractivity contribution is 0.585. The van der Waals surface area contributed by atoms with Crippen LogP contribution in [0.2, 0.25) is 0 Å². The maximum atomic E-state index is 4.51. The summed E-state index contributed by atoms with van der Waals surface area (Å²) in [5.41, 5.74) is 4.32. The van der Waals surface area contributed by atoms with Crippen molar-refractivity contribution in [1.82, 2.24) is 5.32 Å². The molecular formula is C14H18N2S. The van der Waals surface area contributed by atoms with Gasteiger partial charge in [0.15, 0.2) is 0 Å². The Morgan fingerprint density at radius 2 is 2.12 bits per heavy atom. The summed E-state index contributed by atoms with van der Waals surface area (Å²) in [6, 6.07) is 2.71. The van der Waals surface area contributed by atoms with E-state index in [1.165, 1.54) is 45.9 Å². The number of allylic oxidation sites excluding steroid dienone is 1. The lowest BCUT2D eigenvalue weighted by Gasteiger charge is -2.29. The molecule has 1 aromatic rings. The molecule has 2 heterocycles. The molecule has 2 aliphatic rings. The maximum Gasteiger partial charge on any atom is 0.0889 e. The third-order valence-corrected chi connectivity index (χ3v) is 4.66. The van der Waals surface area contributed by atoms with Crippen molar-refractivity contribution in [2.45, 2.75) is 45.6 Å². The van der Waals surface area contributed by atoms with Crippen molar-refractivity contribution in [1.29, 1.82) is 0 Å². The molecule has 0 saturated heterocycles. The van der Waals surface area contributed by atoms with Crippen LogP contribution in [0.15, 0.2) is 22.3 Å². The van der Waals surface area contributed by atoms with Crippen molar-refractivity contribution >= 4 is 17.7 Å². The maximum absolute atomic E-state index is 4.51. The third-order valence-electron chi connectivity index (χ3n) is 3.68. The average Bonchev–Trinajstić information content (AvgIpc) is 2.68. The van der Waals surface area contributed by atoms with Crippen LogP contribution >= 0.6 is 11.3 Å². The number of nitrogens with zero attached hydrogens (tertiary/aromatic N) is 1. The molecule has 1 N–H and O–H groups in total. The first-order valence-corrected chi connectivity index (χ1v) is 7.15. The summed E-state index contributed by atoms with van der Waals surface area (Å²) >= 11 is 1.90. The second-order valence-corrected chi connectivity index (χ2v) is 6.37. The molecule has 0 fully saturated rings. The Labute approximate surface area is 106 Å². The molecule has 0 saturated carbocycles. The molecule has 90 valence electrons. The predicted molar refractivity (Wildman–Crippen MR) is 73.7 cm³/mol. The number of rotatable bonds is 1. The smallest absolute Gasteiger partial charge is 0.0889 e. The van der Waals surface area contributed by atoms with Gasteiger partial charge in [0.25, 0.3) is 0 Å². The van der Waals surface area contributed by atoms with E-state index in [2.05, 4.69) is 30.2 Å². The normalized spacial score (nSPS) is 23.5. The quantitative estimate of drug-likeness (QED) is 0.799. The van der Waals surface area contributed by atoms with E-state index in [1.807, 2.05) is 17.7 Å². The standard InChI is InChI=1S/C14H18N2S/c1-9-7-12(10(2)17-9)14-11-5-3-4-6-13(11)15-8-16-14/h7-8,14H,3-6H2,1-2H3,(H,15,16). The zero-order valence-electron chi connectivity index (χ0n) is 10.4. The first-order valence-electron chi connectivity index (χ1n) is 6.33. The minimum Gasteiger partial charge on any atom is -0.365 e. The van der Waals surface area contributed by atoms with E-state index in [0.717, 1.165) is 6.42 Å². The molecule has 3 rings (SSSR count). The average molecular weight is 246 g/mol. The summed E-state index contributed by atoms with van der Waals surface area (Å²) in [5, 5.41) is 3.45. The van der Waals surface area contributed by atoms with Crippen molar-refractivity contribution in [3.63, 3.8) is 0 Å². The van der Waals surface area contributed by atoms with Crippen LogP contribution in [0.5, 0.6) is 0 Å². The fourth-order valence-corrected chi connectivity index (χ4v) is 3.84. The highest BCUT2D eigenvalue weighted by Gasteiger charge is 2.26. The van der Waals surface area contributed by atoms with Crippen LogP contribution in [0.3, 0.4) is 0 Å². The third kappa shape index (κ3) is 1.93. The highest BCUT2D eigenvalue weighted by Crippen LogP contribution is 2.39. The van der Waals surface area contributed by atoms with Gasteiger partial charge in [-0.05, 0) is 56.7 Å². The monoisotopic (exact) mass is 246 g/mol. The molecule has 1 aromatic heterocycles. The Hall–Kier alpha value is -1.09. The molecule has 1 aliphatic heterocycles. The van der Waals surface area contributed by atoms with Gasteiger partial charge in [-0.15, -0.1) is 11.3 Å². The molecular weight excluding hydrogens is 228 g/mol. The Balaban J connectivity index is 2.01. The van der Waals surface area contributed by atoms with E-state index in [4.69, 9.17) is 0 Å². The van der Waals surface area contributed by atoms with Crippen LogP contribution in [0, 0.1) is 13.8 Å².